The lowest BCUT2D eigenvalue weighted by Gasteiger charge is -2.08. The highest BCUT2D eigenvalue weighted by Crippen LogP contribution is 2.29. The Bertz CT molecular complexity index is 1260. The van der Waals surface area contributed by atoms with Gasteiger partial charge in [0.15, 0.2) is 0 Å². The van der Waals surface area contributed by atoms with E-state index in [9.17, 15) is 23.3 Å². The molecule has 3 aromatic rings. The number of amides is 1. The van der Waals surface area contributed by atoms with Crippen molar-refractivity contribution >= 4 is 39.1 Å². The van der Waals surface area contributed by atoms with Gasteiger partial charge in [-0.3, -0.25) is 14.9 Å². The van der Waals surface area contributed by atoms with Crippen LogP contribution in [0.2, 0.25) is 0 Å². The summed E-state index contributed by atoms with van der Waals surface area (Å²) in [6.07, 6.45) is 2.31. The Morgan fingerprint density at radius 2 is 1.53 bits per heavy atom. The highest BCUT2D eigenvalue weighted by molar-refractivity contribution is 7.99. The molecule has 3 aromatic carbocycles. The molecule has 1 amide bonds. The molecule has 36 heavy (non-hydrogen) atoms. The first-order chi connectivity index (χ1) is 17.3. The highest BCUT2D eigenvalue weighted by atomic mass is 32.2. The molecule has 0 saturated heterocycles. The number of rotatable bonds is 13. The third-order valence-electron chi connectivity index (χ3n) is 5.16. The molecule has 0 bridgehead atoms. The summed E-state index contributed by atoms with van der Waals surface area (Å²) in [5, 5.41) is 13.6. The standard InChI is InChI=1S/C25H27N3O6S2/c1-34-21-10-16-24(17-11-21)36(32,33)26-18-4-2-3-5-25(29)27-19-6-12-22(13-7-19)35-23-14-8-20(9-15-23)28(30)31/h6-17,26H,2-5,18H2,1H3,(H,27,29). The molecule has 0 aliphatic carbocycles. The van der Waals surface area contributed by atoms with Gasteiger partial charge in [-0.25, -0.2) is 13.1 Å². The van der Waals surface area contributed by atoms with Crippen LogP contribution in [0.1, 0.15) is 25.7 Å². The summed E-state index contributed by atoms with van der Waals surface area (Å²) in [6.45, 7) is 0.296. The van der Waals surface area contributed by atoms with E-state index < -0.39 is 14.9 Å². The molecule has 0 atom stereocenters. The van der Waals surface area contributed by atoms with Crippen molar-refractivity contribution in [3.63, 3.8) is 0 Å². The molecular formula is C25H27N3O6S2. The molecule has 0 aliphatic heterocycles. The average Bonchev–Trinajstić information content (AvgIpc) is 2.87. The van der Waals surface area contributed by atoms with E-state index in [1.165, 1.54) is 43.1 Å². The lowest BCUT2D eigenvalue weighted by atomic mass is 10.2. The SMILES string of the molecule is COc1ccc(S(=O)(=O)NCCCCCC(=O)Nc2ccc(Sc3ccc([N+](=O)[O-])cc3)cc2)cc1. The quantitative estimate of drug-likeness (QED) is 0.176. The van der Waals surface area contributed by atoms with Gasteiger partial charge in [-0.15, -0.1) is 0 Å². The van der Waals surface area contributed by atoms with Crippen molar-refractivity contribution in [1.82, 2.24) is 4.72 Å². The number of unbranched alkanes of at least 4 members (excludes halogenated alkanes) is 2. The van der Waals surface area contributed by atoms with Crippen LogP contribution in [-0.2, 0) is 14.8 Å². The molecule has 0 radical (unpaired) electrons. The fourth-order valence-corrected chi connectivity index (χ4v) is 5.12. The summed E-state index contributed by atoms with van der Waals surface area (Å²) in [7, 11) is -2.05. The fourth-order valence-electron chi connectivity index (χ4n) is 3.23. The number of methoxy groups -OCH3 is 1. The van der Waals surface area contributed by atoms with Gasteiger partial charge in [-0.1, -0.05) is 18.2 Å². The summed E-state index contributed by atoms with van der Waals surface area (Å²) < 4.78 is 32.2. The number of nitrogens with one attached hydrogen (secondary N) is 2. The lowest BCUT2D eigenvalue weighted by Crippen LogP contribution is -2.24. The second-order valence-corrected chi connectivity index (χ2v) is 10.7. The molecule has 0 saturated carbocycles. The zero-order valence-corrected chi connectivity index (χ0v) is 21.3. The summed E-state index contributed by atoms with van der Waals surface area (Å²) >= 11 is 1.47. The Morgan fingerprint density at radius 3 is 2.11 bits per heavy atom. The molecule has 0 unspecified atom stereocenters. The Morgan fingerprint density at radius 1 is 0.917 bits per heavy atom. The maximum atomic E-state index is 12.3. The molecule has 2 N–H and O–H groups in total. The second kappa shape index (κ2) is 13.1. The van der Waals surface area contributed by atoms with Crippen molar-refractivity contribution in [3.8, 4) is 5.75 Å². The number of benzene rings is 3. The number of hydrogen-bond donors (Lipinski definition) is 2. The molecule has 3 rings (SSSR count). The number of ether oxygens (including phenoxy) is 1. The molecule has 11 heteroatoms. The first-order valence-corrected chi connectivity index (χ1v) is 13.5. The first kappa shape index (κ1) is 27.2. The van der Waals surface area contributed by atoms with Gasteiger partial charge in [0.25, 0.3) is 5.69 Å². The van der Waals surface area contributed by atoms with Crippen molar-refractivity contribution in [1.29, 1.82) is 0 Å². The van der Waals surface area contributed by atoms with Crippen LogP contribution in [0.3, 0.4) is 0 Å². The van der Waals surface area contributed by atoms with Gasteiger partial charge in [0.1, 0.15) is 5.75 Å². The minimum absolute atomic E-state index is 0.0484. The summed E-state index contributed by atoms with van der Waals surface area (Å²) in [4.78, 5) is 24.5. The topological polar surface area (TPSA) is 128 Å². The Labute approximate surface area is 214 Å². The molecule has 0 fully saturated rings. The molecule has 190 valence electrons. The highest BCUT2D eigenvalue weighted by Gasteiger charge is 2.13. The minimum atomic E-state index is -3.57. The van der Waals surface area contributed by atoms with Crippen LogP contribution in [0, 0.1) is 10.1 Å². The molecule has 0 aliphatic rings. The number of nitro benzene ring substituents is 1. The largest absolute Gasteiger partial charge is 0.497 e. The van der Waals surface area contributed by atoms with Crippen LogP contribution in [0.4, 0.5) is 11.4 Å². The average molecular weight is 530 g/mol. The fraction of sp³-hybridized carbons (Fsp3) is 0.240. The normalized spacial score (nSPS) is 11.1. The third-order valence-corrected chi connectivity index (χ3v) is 7.66. The summed E-state index contributed by atoms with van der Waals surface area (Å²) in [5.41, 5.74) is 0.729. The van der Waals surface area contributed by atoms with E-state index in [0.717, 1.165) is 9.79 Å². The van der Waals surface area contributed by atoms with Gasteiger partial charge >= 0.3 is 0 Å². The first-order valence-electron chi connectivity index (χ1n) is 11.2. The van der Waals surface area contributed by atoms with Gasteiger partial charge in [0.05, 0.1) is 16.9 Å². The smallest absolute Gasteiger partial charge is 0.269 e. The lowest BCUT2D eigenvalue weighted by molar-refractivity contribution is -0.384. The number of non-ortho nitro benzene ring substituents is 1. The number of carbonyl (C=O) groups excluding carboxylic acids is 1. The van der Waals surface area contributed by atoms with Gasteiger partial charge in [0.2, 0.25) is 15.9 Å². The maximum absolute atomic E-state index is 12.3. The molecule has 0 heterocycles. The Hall–Kier alpha value is -3.41. The number of nitro groups is 1. The Kier molecular flexibility index (Phi) is 9.86. The number of carbonyl (C=O) groups is 1. The van der Waals surface area contributed by atoms with Crippen LogP contribution >= 0.6 is 11.8 Å². The van der Waals surface area contributed by atoms with Crippen molar-refractivity contribution in [2.24, 2.45) is 0 Å². The van der Waals surface area contributed by atoms with Crippen molar-refractivity contribution in [2.45, 2.75) is 40.4 Å². The van der Waals surface area contributed by atoms with Crippen LogP contribution in [0.15, 0.2) is 87.5 Å². The summed E-state index contributed by atoms with van der Waals surface area (Å²) in [5.74, 6) is 0.480. The van der Waals surface area contributed by atoms with Gasteiger partial charge in [-0.05, 0) is 73.5 Å². The number of hydrogen-bond acceptors (Lipinski definition) is 7. The number of sulfonamides is 1. The molecule has 0 spiro atoms. The van der Waals surface area contributed by atoms with Gasteiger partial charge in [0, 0.05) is 40.6 Å². The minimum Gasteiger partial charge on any atom is -0.497 e. The zero-order chi connectivity index (χ0) is 26.0. The summed E-state index contributed by atoms with van der Waals surface area (Å²) in [6, 6.07) is 19.9. The van der Waals surface area contributed by atoms with Crippen LogP contribution in [-0.4, -0.2) is 32.9 Å². The van der Waals surface area contributed by atoms with E-state index in [0.29, 0.717) is 43.7 Å². The molecule has 0 aromatic heterocycles. The number of nitrogens with zero attached hydrogens (tertiary/aromatic N) is 1. The second-order valence-electron chi connectivity index (χ2n) is 7.81. The van der Waals surface area contributed by atoms with Gasteiger partial charge < -0.3 is 10.1 Å². The molecular weight excluding hydrogens is 502 g/mol. The van der Waals surface area contributed by atoms with Gasteiger partial charge in [-0.2, -0.15) is 0 Å². The van der Waals surface area contributed by atoms with Crippen molar-refractivity contribution in [2.75, 3.05) is 19.0 Å². The van der Waals surface area contributed by atoms with Crippen LogP contribution in [0.5, 0.6) is 5.75 Å². The van der Waals surface area contributed by atoms with Crippen molar-refractivity contribution in [3.05, 3.63) is 82.9 Å². The van der Waals surface area contributed by atoms with Crippen LogP contribution in [0.25, 0.3) is 0 Å². The molecule has 9 nitrogen and oxygen atoms in total. The van der Waals surface area contributed by atoms with E-state index in [1.807, 2.05) is 12.1 Å². The van der Waals surface area contributed by atoms with E-state index in [2.05, 4.69) is 10.0 Å². The predicted octanol–water partition coefficient (Wildman–Crippen LogP) is 5.23. The monoisotopic (exact) mass is 529 g/mol. The van der Waals surface area contributed by atoms with E-state index in [4.69, 9.17) is 4.74 Å². The number of anilines is 1. The van der Waals surface area contributed by atoms with E-state index in [1.54, 1.807) is 36.4 Å². The third kappa shape index (κ3) is 8.36. The predicted molar refractivity (Wildman–Crippen MR) is 139 cm³/mol. The van der Waals surface area contributed by atoms with E-state index in [-0.39, 0.29) is 16.5 Å². The maximum Gasteiger partial charge on any atom is 0.269 e. The Balaban J connectivity index is 1.34. The van der Waals surface area contributed by atoms with E-state index >= 15 is 0 Å². The van der Waals surface area contributed by atoms with Crippen LogP contribution < -0.4 is 14.8 Å². The van der Waals surface area contributed by atoms with Crippen molar-refractivity contribution < 1.29 is 22.9 Å². The zero-order valence-electron chi connectivity index (χ0n) is 19.7.